The molecule has 1 atom stereocenters. The van der Waals surface area contributed by atoms with Crippen LogP contribution in [-0.2, 0) is 17.5 Å². The van der Waals surface area contributed by atoms with Crippen molar-refractivity contribution in [3.05, 3.63) is 63.9 Å². The number of rotatable bonds is 9. The summed E-state index contributed by atoms with van der Waals surface area (Å²) < 4.78 is 54.9. The fraction of sp³-hybridized carbons (Fsp3) is 0.333. The summed E-state index contributed by atoms with van der Waals surface area (Å²) in [5.41, 5.74) is -1.04. The van der Waals surface area contributed by atoms with Crippen molar-refractivity contribution in [2.75, 3.05) is 18.0 Å². The molecule has 2 rings (SSSR count). The third-order valence-electron chi connectivity index (χ3n) is 4.60. The molecule has 9 heteroatoms. The number of nitrogens with one attached hydrogen (secondary N) is 1. The fourth-order valence-corrected chi connectivity index (χ4v) is 3.32. The van der Waals surface area contributed by atoms with Crippen molar-refractivity contribution >= 4 is 23.6 Å². The topological polar surface area (TPSA) is 56.1 Å². The van der Waals surface area contributed by atoms with E-state index >= 15 is 0 Å². The van der Waals surface area contributed by atoms with Crippen molar-refractivity contribution in [1.82, 2.24) is 5.32 Å². The Morgan fingerprint density at radius 1 is 1.30 bits per heavy atom. The van der Waals surface area contributed by atoms with Crippen LogP contribution in [0.3, 0.4) is 0 Å². The molecule has 0 radical (unpaired) electrons. The van der Waals surface area contributed by atoms with Crippen molar-refractivity contribution in [3.63, 3.8) is 0 Å². The van der Waals surface area contributed by atoms with Crippen LogP contribution >= 0.6 is 11.6 Å². The number of anilines is 1. The first-order valence-electron chi connectivity index (χ1n) is 9.18. The Bertz CT molecular complexity index is 927. The van der Waals surface area contributed by atoms with Gasteiger partial charge in [0.1, 0.15) is 18.2 Å². The van der Waals surface area contributed by atoms with E-state index in [4.69, 9.17) is 16.9 Å². The largest absolute Gasteiger partial charge is 0.416 e. The number of likely N-dealkylation sites (N-methyl/N-ethyl adjacent to an activating group) is 1. The number of halogens is 5. The first-order chi connectivity index (χ1) is 14.2. The highest BCUT2D eigenvalue weighted by atomic mass is 35.5. The second-order valence-electron chi connectivity index (χ2n) is 6.53. The summed E-state index contributed by atoms with van der Waals surface area (Å²) in [6.45, 7) is 2.26. The first kappa shape index (κ1) is 23.6. The van der Waals surface area contributed by atoms with E-state index in [0.29, 0.717) is 18.5 Å². The van der Waals surface area contributed by atoms with E-state index in [0.717, 1.165) is 18.2 Å². The van der Waals surface area contributed by atoms with Crippen LogP contribution in [0.15, 0.2) is 36.4 Å². The number of nitrogens with zero attached hydrogens (tertiary/aromatic N) is 2. The summed E-state index contributed by atoms with van der Waals surface area (Å²) in [5.74, 6) is -0.997. The summed E-state index contributed by atoms with van der Waals surface area (Å²) in [4.78, 5) is 12.7. The van der Waals surface area contributed by atoms with Gasteiger partial charge in [-0.3, -0.25) is 0 Å². The lowest BCUT2D eigenvalue weighted by molar-refractivity contribution is -0.138. The number of hydrogen-bond donors (Lipinski definition) is 1. The molecule has 0 bridgehead atoms. The molecule has 2 aromatic carbocycles. The molecule has 2 aromatic rings. The standard InChI is InChI=1S/C21H20ClF4N3O/c1-2-28-12-16(8-9-30)29(15-7-6-14(11-27)19(22)10-15)13-17-18(21(24,25)26)4-3-5-20(17)23/h3-7,9-10,16,28H,2,8,12-13H2,1H3/t16-/m0/s1. The van der Waals surface area contributed by atoms with E-state index in [1.54, 1.807) is 0 Å². The quantitative estimate of drug-likeness (QED) is 0.442. The molecule has 0 aliphatic rings. The van der Waals surface area contributed by atoms with Crippen LogP contribution in [0.5, 0.6) is 0 Å². The van der Waals surface area contributed by atoms with E-state index in [2.05, 4.69) is 5.32 Å². The summed E-state index contributed by atoms with van der Waals surface area (Å²) in [7, 11) is 0. The van der Waals surface area contributed by atoms with Gasteiger partial charge >= 0.3 is 6.18 Å². The van der Waals surface area contributed by atoms with Gasteiger partial charge in [0.25, 0.3) is 0 Å². The molecule has 0 fully saturated rings. The predicted molar refractivity (Wildman–Crippen MR) is 107 cm³/mol. The number of carbonyl (C=O) groups excluding carboxylic acids is 1. The molecule has 0 unspecified atom stereocenters. The molecule has 0 saturated carbocycles. The second-order valence-corrected chi connectivity index (χ2v) is 6.94. The summed E-state index contributed by atoms with van der Waals surface area (Å²) >= 11 is 6.11. The molecule has 0 aliphatic carbocycles. The molecular weight excluding hydrogens is 422 g/mol. The Hall–Kier alpha value is -2.63. The van der Waals surface area contributed by atoms with Gasteiger partial charge in [0, 0.05) is 36.8 Å². The summed E-state index contributed by atoms with van der Waals surface area (Å²) in [6.07, 6.45) is -4.08. The molecule has 160 valence electrons. The molecule has 0 amide bonds. The molecule has 0 spiro atoms. The highest BCUT2D eigenvalue weighted by Crippen LogP contribution is 2.35. The van der Waals surface area contributed by atoms with Crippen molar-refractivity contribution in [2.45, 2.75) is 32.1 Å². The van der Waals surface area contributed by atoms with Gasteiger partial charge in [0.15, 0.2) is 0 Å². The average Bonchev–Trinajstić information content (AvgIpc) is 2.69. The monoisotopic (exact) mass is 441 g/mol. The molecule has 0 saturated heterocycles. The lowest BCUT2D eigenvalue weighted by Crippen LogP contribution is -2.43. The van der Waals surface area contributed by atoms with Crippen molar-refractivity contribution in [1.29, 1.82) is 5.26 Å². The predicted octanol–water partition coefficient (Wildman–Crippen LogP) is 4.94. The SMILES string of the molecule is CCNC[C@H](CC=O)N(Cc1c(F)cccc1C(F)(F)F)c1ccc(C#N)c(Cl)c1. The smallest absolute Gasteiger partial charge is 0.362 e. The number of nitriles is 1. The van der Waals surface area contributed by atoms with Gasteiger partial charge in [0.05, 0.1) is 16.1 Å². The van der Waals surface area contributed by atoms with Gasteiger partial charge in [-0.15, -0.1) is 0 Å². The lowest BCUT2D eigenvalue weighted by atomic mass is 10.0. The molecule has 0 aliphatic heterocycles. The van der Waals surface area contributed by atoms with E-state index < -0.39 is 35.7 Å². The van der Waals surface area contributed by atoms with Crippen LogP contribution in [0.1, 0.15) is 30.0 Å². The van der Waals surface area contributed by atoms with Gasteiger partial charge in [-0.2, -0.15) is 18.4 Å². The Morgan fingerprint density at radius 2 is 2.03 bits per heavy atom. The van der Waals surface area contributed by atoms with E-state index in [-0.39, 0.29) is 23.6 Å². The minimum Gasteiger partial charge on any atom is -0.362 e. The molecule has 0 aromatic heterocycles. The molecule has 4 nitrogen and oxygen atoms in total. The van der Waals surface area contributed by atoms with Crippen molar-refractivity contribution in [2.24, 2.45) is 0 Å². The van der Waals surface area contributed by atoms with Gasteiger partial charge in [0.2, 0.25) is 0 Å². The van der Waals surface area contributed by atoms with Crippen LogP contribution in [0, 0.1) is 17.1 Å². The third kappa shape index (κ3) is 5.71. The highest BCUT2D eigenvalue weighted by molar-refractivity contribution is 6.32. The minimum atomic E-state index is -4.74. The molecule has 1 N–H and O–H groups in total. The number of hydrogen-bond acceptors (Lipinski definition) is 4. The first-order valence-corrected chi connectivity index (χ1v) is 9.55. The zero-order chi connectivity index (χ0) is 22.3. The molecular formula is C21H20ClF4N3O. The van der Waals surface area contributed by atoms with Gasteiger partial charge in [-0.1, -0.05) is 24.6 Å². The average molecular weight is 442 g/mol. The van der Waals surface area contributed by atoms with Crippen molar-refractivity contribution < 1.29 is 22.4 Å². The van der Waals surface area contributed by atoms with Crippen LogP contribution in [0.4, 0.5) is 23.2 Å². The second kappa shape index (κ2) is 10.4. The van der Waals surface area contributed by atoms with E-state index in [9.17, 15) is 22.4 Å². The lowest BCUT2D eigenvalue weighted by Gasteiger charge is -2.34. The highest BCUT2D eigenvalue weighted by Gasteiger charge is 2.35. The zero-order valence-corrected chi connectivity index (χ0v) is 16.9. The van der Waals surface area contributed by atoms with Gasteiger partial charge in [-0.05, 0) is 36.9 Å². The number of alkyl halides is 3. The maximum absolute atomic E-state index is 14.5. The van der Waals surface area contributed by atoms with Crippen LogP contribution in [0.25, 0.3) is 0 Å². The number of benzene rings is 2. The van der Waals surface area contributed by atoms with E-state index in [1.807, 2.05) is 13.0 Å². The van der Waals surface area contributed by atoms with E-state index in [1.165, 1.54) is 23.1 Å². The Labute approximate surface area is 177 Å². The van der Waals surface area contributed by atoms with Crippen LogP contribution < -0.4 is 10.2 Å². The van der Waals surface area contributed by atoms with Crippen LogP contribution in [-0.4, -0.2) is 25.4 Å². The third-order valence-corrected chi connectivity index (χ3v) is 4.91. The van der Waals surface area contributed by atoms with Gasteiger partial charge in [-0.25, -0.2) is 4.39 Å². The number of aldehydes is 1. The fourth-order valence-electron chi connectivity index (χ4n) is 3.10. The Balaban J connectivity index is 2.58. The summed E-state index contributed by atoms with van der Waals surface area (Å²) in [5, 5.41) is 12.2. The van der Waals surface area contributed by atoms with Crippen molar-refractivity contribution in [3.8, 4) is 6.07 Å². The van der Waals surface area contributed by atoms with Crippen LogP contribution in [0.2, 0.25) is 5.02 Å². The zero-order valence-electron chi connectivity index (χ0n) is 16.1. The Kier molecular flexibility index (Phi) is 8.21. The molecule has 0 heterocycles. The summed E-state index contributed by atoms with van der Waals surface area (Å²) in [6, 6.07) is 8.52. The maximum atomic E-state index is 14.5. The van der Waals surface area contributed by atoms with Gasteiger partial charge < -0.3 is 15.0 Å². The molecule has 30 heavy (non-hydrogen) atoms. The number of carbonyl (C=O) groups is 1. The minimum absolute atomic E-state index is 0.000421. The normalized spacial score (nSPS) is 12.3. The Morgan fingerprint density at radius 3 is 2.60 bits per heavy atom. The maximum Gasteiger partial charge on any atom is 0.416 e.